The lowest BCUT2D eigenvalue weighted by molar-refractivity contribution is -0.131. The fourth-order valence-electron chi connectivity index (χ4n) is 4.62. The lowest BCUT2D eigenvalue weighted by atomic mass is 9.86. The van der Waals surface area contributed by atoms with Crippen LogP contribution in [0.4, 0.5) is 4.39 Å². The van der Waals surface area contributed by atoms with Gasteiger partial charge in [-0.05, 0) is 49.6 Å². The molecule has 0 bridgehead atoms. The predicted molar refractivity (Wildman–Crippen MR) is 119 cm³/mol. The quantitative estimate of drug-likeness (QED) is 0.694. The number of aromatic nitrogens is 2. The standard InChI is InChI=1S/C23H28FN5O4/c1-15(30)27-11-13-28(14-12-27)20-4-2-3-18(22(20)32)25-23(33)19-9-10-21(31)29(26-19)17-7-5-16(24)6-8-17/h5-10,18,20,22,32H,2-4,11-14H2,1H3,(H,25,33)/t18-,20-,22-/m1/s1. The second-order valence-corrected chi connectivity index (χ2v) is 8.56. The zero-order valence-electron chi connectivity index (χ0n) is 18.5. The number of hydrogen-bond donors (Lipinski definition) is 2. The fraction of sp³-hybridized carbons (Fsp3) is 0.478. The highest BCUT2D eigenvalue weighted by molar-refractivity contribution is 5.92. The third kappa shape index (κ3) is 5.12. The molecule has 1 aromatic carbocycles. The molecule has 1 aliphatic heterocycles. The number of nitrogens with zero attached hydrogens (tertiary/aromatic N) is 4. The second-order valence-electron chi connectivity index (χ2n) is 8.56. The highest BCUT2D eigenvalue weighted by atomic mass is 19.1. The molecule has 176 valence electrons. The largest absolute Gasteiger partial charge is 0.389 e. The van der Waals surface area contributed by atoms with Crippen LogP contribution in [0.5, 0.6) is 0 Å². The molecule has 10 heteroatoms. The van der Waals surface area contributed by atoms with E-state index in [1.807, 2.05) is 0 Å². The van der Waals surface area contributed by atoms with Gasteiger partial charge in [0.2, 0.25) is 5.91 Å². The summed E-state index contributed by atoms with van der Waals surface area (Å²) in [5.41, 5.74) is -0.0672. The van der Waals surface area contributed by atoms with Crippen LogP contribution >= 0.6 is 0 Å². The molecule has 3 atom stereocenters. The van der Waals surface area contributed by atoms with Crippen molar-refractivity contribution in [1.29, 1.82) is 0 Å². The van der Waals surface area contributed by atoms with E-state index >= 15 is 0 Å². The lowest BCUT2D eigenvalue weighted by Gasteiger charge is -2.44. The highest BCUT2D eigenvalue weighted by Gasteiger charge is 2.37. The minimum absolute atomic E-state index is 0.0309. The predicted octanol–water partition coefficient (Wildman–Crippen LogP) is 0.548. The summed E-state index contributed by atoms with van der Waals surface area (Å²) in [5.74, 6) is -0.875. The number of amides is 2. The number of aliphatic hydroxyl groups excluding tert-OH is 1. The molecule has 1 saturated carbocycles. The van der Waals surface area contributed by atoms with Gasteiger partial charge in [0.25, 0.3) is 11.5 Å². The molecule has 0 spiro atoms. The zero-order chi connectivity index (χ0) is 23.5. The van der Waals surface area contributed by atoms with Crippen LogP contribution in [0.15, 0.2) is 41.2 Å². The fourth-order valence-corrected chi connectivity index (χ4v) is 4.62. The normalized spacial score (nSPS) is 23.8. The van der Waals surface area contributed by atoms with Crippen LogP contribution in [0.3, 0.4) is 0 Å². The number of hydrogen-bond acceptors (Lipinski definition) is 6. The number of benzene rings is 1. The third-order valence-corrected chi connectivity index (χ3v) is 6.47. The molecule has 0 radical (unpaired) electrons. The average Bonchev–Trinajstić information content (AvgIpc) is 2.81. The first-order chi connectivity index (χ1) is 15.8. The minimum atomic E-state index is -0.755. The Balaban J connectivity index is 1.44. The molecule has 2 fully saturated rings. The molecule has 1 saturated heterocycles. The molecule has 2 aromatic rings. The number of halogens is 1. The van der Waals surface area contributed by atoms with Crippen molar-refractivity contribution in [2.45, 2.75) is 44.4 Å². The summed E-state index contributed by atoms with van der Waals surface area (Å²) in [4.78, 5) is 40.7. The van der Waals surface area contributed by atoms with Crippen molar-refractivity contribution in [3.05, 3.63) is 58.3 Å². The maximum Gasteiger partial charge on any atom is 0.272 e. The molecule has 0 unspecified atom stereocenters. The maximum absolute atomic E-state index is 13.2. The van der Waals surface area contributed by atoms with E-state index < -0.39 is 29.4 Å². The van der Waals surface area contributed by atoms with Gasteiger partial charge in [0, 0.05) is 45.2 Å². The SMILES string of the molecule is CC(=O)N1CCN([C@@H]2CCC[C@@H](NC(=O)c3ccc(=O)n(-c4ccc(F)cc4)n3)[C@H]2O)CC1. The van der Waals surface area contributed by atoms with E-state index in [2.05, 4.69) is 15.3 Å². The maximum atomic E-state index is 13.2. The second kappa shape index (κ2) is 9.80. The molecular weight excluding hydrogens is 429 g/mol. The van der Waals surface area contributed by atoms with Gasteiger partial charge in [0.1, 0.15) is 11.5 Å². The van der Waals surface area contributed by atoms with Gasteiger partial charge in [-0.25, -0.2) is 4.39 Å². The van der Waals surface area contributed by atoms with Gasteiger partial charge in [-0.1, -0.05) is 0 Å². The van der Waals surface area contributed by atoms with Gasteiger partial charge in [0.15, 0.2) is 0 Å². The summed E-state index contributed by atoms with van der Waals surface area (Å²) in [6.07, 6.45) is 1.55. The molecule has 2 aliphatic rings. The van der Waals surface area contributed by atoms with Gasteiger partial charge in [0.05, 0.1) is 17.8 Å². The van der Waals surface area contributed by atoms with Crippen molar-refractivity contribution in [3.8, 4) is 5.69 Å². The summed E-state index contributed by atoms with van der Waals surface area (Å²) in [7, 11) is 0. The van der Waals surface area contributed by atoms with Crippen LogP contribution in [0.2, 0.25) is 0 Å². The molecule has 9 nitrogen and oxygen atoms in total. The van der Waals surface area contributed by atoms with Gasteiger partial charge in [-0.15, -0.1) is 0 Å². The van der Waals surface area contributed by atoms with Gasteiger partial charge >= 0.3 is 0 Å². The van der Waals surface area contributed by atoms with Gasteiger partial charge in [-0.3, -0.25) is 19.3 Å². The molecule has 4 rings (SSSR count). The van der Waals surface area contributed by atoms with E-state index in [9.17, 15) is 23.9 Å². The van der Waals surface area contributed by atoms with Crippen molar-refractivity contribution < 1.29 is 19.1 Å². The van der Waals surface area contributed by atoms with Crippen molar-refractivity contribution in [3.63, 3.8) is 0 Å². The van der Waals surface area contributed by atoms with Crippen molar-refractivity contribution in [2.24, 2.45) is 0 Å². The highest BCUT2D eigenvalue weighted by Crippen LogP contribution is 2.25. The monoisotopic (exact) mass is 457 g/mol. The molecule has 2 amide bonds. The molecule has 2 N–H and O–H groups in total. The Labute approximate surface area is 190 Å². The van der Waals surface area contributed by atoms with E-state index in [0.717, 1.165) is 17.5 Å². The zero-order valence-corrected chi connectivity index (χ0v) is 18.5. The van der Waals surface area contributed by atoms with Crippen LogP contribution in [0.25, 0.3) is 5.69 Å². The molecule has 33 heavy (non-hydrogen) atoms. The molecule has 1 aliphatic carbocycles. The Hall–Kier alpha value is -3.11. The number of nitrogens with one attached hydrogen (secondary N) is 1. The van der Waals surface area contributed by atoms with Crippen molar-refractivity contribution in [2.75, 3.05) is 26.2 Å². The van der Waals surface area contributed by atoms with Crippen LogP contribution in [0.1, 0.15) is 36.7 Å². The average molecular weight is 458 g/mol. The topological polar surface area (TPSA) is 108 Å². The summed E-state index contributed by atoms with van der Waals surface area (Å²) in [6, 6.07) is 7.27. The Morgan fingerprint density at radius 3 is 2.42 bits per heavy atom. The summed E-state index contributed by atoms with van der Waals surface area (Å²) >= 11 is 0. The first-order valence-corrected chi connectivity index (χ1v) is 11.2. The smallest absolute Gasteiger partial charge is 0.272 e. The van der Waals surface area contributed by atoms with Crippen LogP contribution in [-0.2, 0) is 4.79 Å². The van der Waals surface area contributed by atoms with Gasteiger partial charge in [-0.2, -0.15) is 9.78 Å². The Bertz CT molecular complexity index is 1070. The molecular formula is C23H28FN5O4. The number of piperazine rings is 1. The first-order valence-electron chi connectivity index (χ1n) is 11.2. The van der Waals surface area contributed by atoms with E-state index in [1.54, 1.807) is 11.8 Å². The molecule has 2 heterocycles. The van der Waals surface area contributed by atoms with Crippen LogP contribution < -0.4 is 10.9 Å². The van der Waals surface area contributed by atoms with Crippen LogP contribution in [-0.4, -0.2) is 80.9 Å². The summed E-state index contributed by atoms with van der Waals surface area (Å²) in [5, 5.41) is 18.0. The van der Waals surface area contributed by atoms with Crippen LogP contribution in [0, 0.1) is 5.82 Å². The van der Waals surface area contributed by atoms with E-state index in [4.69, 9.17) is 0 Å². The summed E-state index contributed by atoms with van der Waals surface area (Å²) < 4.78 is 14.3. The first kappa shape index (κ1) is 23.1. The van der Waals surface area contributed by atoms with Crippen molar-refractivity contribution >= 4 is 11.8 Å². The summed E-state index contributed by atoms with van der Waals surface area (Å²) in [6.45, 7) is 4.19. The van der Waals surface area contributed by atoms with Crippen molar-refractivity contribution in [1.82, 2.24) is 24.9 Å². The Morgan fingerprint density at radius 1 is 1.06 bits per heavy atom. The minimum Gasteiger partial charge on any atom is -0.389 e. The third-order valence-electron chi connectivity index (χ3n) is 6.47. The van der Waals surface area contributed by atoms with E-state index in [0.29, 0.717) is 38.3 Å². The number of carbonyl (C=O) groups excluding carboxylic acids is 2. The molecule has 1 aromatic heterocycles. The Morgan fingerprint density at radius 2 is 1.76 bits per heavy atom. The number of rotatable bonds is 4. The van der Waals surface area contributed by atoms with E-state index in [1.165, 1.54) is 36.4 Å². The lowest BCUT2D eigenvalue weighted by Crippen LogP contribution is -2.60. The Kier molecular flexibility index (Phi) is 6.85. The number of carbonyl (C=O) groups is 2. The van der Waals surface area contributed by atoms with E-state index in [-0.39, 0.29) is 17.6 Å². The van der Waals surface area contributed by atoms with Gasteiger partial charge < -0.3 is 15.3 Å². The number of aliphatic hydroxyl groups is 1.